The van der Waals surface area contributed by atoms with Crippen molar-refractivity contribution in [3.63, 3.8) is 0 Å². The van der Waals surface area contributed by atoms with Crippen LogP contribution in [0.4, 0.5) is 33.7 Å². The average molecular weight is 410 g/mol. The first kappa shape index (κ1) is 19.2. The highest BCUT2D eigenvalue weighted by atomic mass is 19.4. The van der Waals surface area contributed by atoms with Crippen LogP contribution in [0.3, 0.4) is 0 Å². The van der Waals surface area contributed by atoms with Crippen LogP contribution in [0, 0.1) is 0 Å². The zero-order chi connectivity index (χ0) is 20.6. The molecule has 3 aromatic rings. The van der Waals surface area contributed by atoms with E-state index in [1.54, 1.807) is 12.1 Å². The van der Waals surface area contributed by atoms with Gasteiger partial charge >= 0.3 is 6.18 Å². The van der Waals surface area contributed by atoms with Crippen molar-refractivity contribution in [3.8, 4) is 0 Å². The summed E-state index contributed by atoms with van der Waals surface area (Å²) in [5, 5.41) is 3.33. The van der Waals surface area contributed by atoms with Crippen LogP contribution in [0.2, 0.25) is 0 Å². The molecule has 0 saturated carbocycles. The third-order valence-corrected chi connectivity index (χ3v) is 4.52. The number of hydrogen-bond donors (Lipinski definition) is 1. The van der Waals surface area contributed by atoms with Gasteiger partial charge in [-0.05, 0) is 18.2 Å². The van der Waals surface area contributed by atoms with Crippen molar-refractivity contribution < 1.29 is 22.0 Å². The molecule has 0 unspecified atom stereocenters. The zero-order valence-electron chi connectivity index (χ0n) is 14.9. The molecule has 1 saturated heterocycles. The van der Waals surface area contributed by atoms with Gasteiger partial charge in [-0.3, -0.25) is 4.98 Å². The van der Waals surface area contributed by atoms with E-state index in [-0.39, 0.29) is 42.5 Å². The molecule has 0 radical (unpaired) electrons. The molecule has 4 heterocycles. The van der Waals surface area contributed by atoms with Gasteiger partial charge in [0, 0.05) is 37.5 Å². The number of pyridine rings is 2. The van der Waals surface area contributed by atoms with Gasteiger partial charge in [0.15, 0.2) is 5.65 Å². The van der Waals surface area contributed by atoms with Gasteiger partial charge in [-0.2, -0.15) is 23.1 Å². The van der Waals surface area contributed by atoms with E-state index in [0.29, 0.717) is 5.39 Å². The molecule has 3 aromatic heterocycles. The lowest BCUT2D eigenvalue weighted by Crippen LogP contribution is -2.26. The highest BCUT2D eigenvalue weighted by Crippen LogP contribution is 2.32. The maximum Gasteiger partial charge on any atom is 0.433 e. The summed E-state index contributed by atoms with van der Waals surface area (Å²) in [6, 6.07) is 6.00. The minimum Gasteiger partial charge on any atom is -0.365 e. The Labute approximate surface area is 161 Å². The summed E-state index contributed by atoms with van der Waals surface area (Å²) < 4.78 is 66.7. The standard InChI is InChI=1S/C18H15F5N6/c19-17(20)5-8-29(10-17)16-27-14-12(4-2-7-25-14)15(28-16)26-9-11-3-1-6-24-13(11)18(21,22)23/h1-4,6-7H,5,8-10H2,(H,25,26,27,28). The van der Waals surface area contributed by atoms with E-state index in [2.05, 4.69) is 25.3 Å². The predicted octanol–water partition coefficient (Wildman–Crippen LogP) is 3.90. The number of nitrogens with zero attached hydrogens (tertiary/aromatic N) is 5. The lowest BCUT2D eigenvalue weighted by molar-refractivity contribution is -0.141. The minimum absolute atomic E-state index is 0.0538. The Hall–Kier alpha value is -3.11. The monoisotopic (exact) mass is 410 g/mol. The SMILES string of the molecule is FC1(F)CCN(c2nc(NCc3cccnc3C(F)(F)F)c3cccnc3n2)C1. The van der Waals surface area contributed by atoms with Crippen molar-refractivity contribution in [3.05, 3.63) is 47.9 Å². The summed E-state index contributed by atoms with van der Waals surface area (Å²) >= 11 is 0. The maximum atomic E-state index is 13.6. The minimum atomic E-state index is -4.60. The highest BCUT2D eigenvalue weighted by molar-refractivity contribution is 5.87. The molecule has 0 amide bonds. The fraction of sp³-hybridized carbons (Fsp3) is 0.333. The smallest absolute Gasteiger partial charge is 0.365 e. The van der Waals surface area contributed by atoms with Crippen LogP contribution in [0.25, 0.3) is 11.0 Å². The third-order valence-electron chi connectivity index (χ3n) is 4.52. The molecule has 1 aliphatic rings. The third kappa shape index (κ3) is 4.03. The Morgan fingerprint density at radius 1 is 1.07 bits per heavy atom. The van der Waals surface area contributed by atoms with E-state index in [0.717, 1.165) is 6.20 Å². The van der Waals surface area contributed by atoms with Crippen molar-refractivity contribution >= 4 is 22.8 Å². The predicted molar refractivity (Wildman–Crippen MR) is 95.7 cm³/mol. The van der Waals surface area contributed by atoms with Gasteiger partial charge in [-0.25, -0.2) is 13.8 Å². The molecule has 0 spiro atoms. The normalized spacial score (nSPS) is 16.4. The molecule has 1 N–H and O–H groups in total. The molecule has 1 aliphatic heterocycles. The lowest BCUT2D eigenvalue weighted by atomic mass is 10.2. The van der Waals surface area contributed by atoms with Crippen molar-refractivity contribution in [1.29, 1.82) is 0 Å². The Balaban J connectivity index is 1.67. The highest BCUT2D eigenvalue weighted by Gasteiger charge is 2.39. The molecular formula is C18H15F5N6. The van der Waals surface area contributed by atoms with Crippen molar-refractivity contribution in [2.75, 3.05) is 23.3 Å². The summed E-state index contributed by atoms with van der Waals surface area (Å²) in [6.07, 6.45) is -2.35. The first-order valence-electron chi connectivity index (χ1n) is 8.73. The second kappa shape index (κ2) is 7.05. The Morgan fingerprint density at radius 3 is 2.55 bits per heavy atom. The zero-order valence-corrected chi connectivity index (χ0v) is 14.9. The number of halogens is 5. The van der Waals surface area contributed by atoms with E-state index in [1.165, 1.54) is 23.2 Å². The van der Waals surface area contributed by atoms with E-state index < -0.39 is 24.3 Å². The van der Waals surface area contributed by atoms with Gasteiger partial charge in [0.1, 0.15) is 11.5 Å². The first-order chi connectivity index (χ1) is 13.7. The molecule has 6 nitrogen and oxygen atoms in total. The van der Waals surface area contributed by atoms with Crippen LogP contribution in [0.1, 0.15) is 17.7 Å². The van der Waals surface area contributed by atoms with Gasteiger partial charge in [-0.15, -0.1) is 0 Å². The molecule has 29 heavy (non-hydrogen) atoms. The summed E-state index contributed by atoms with van der Waals surface area (Å²) in [7, 11) is 0. The summed E-state index contributed by atoms with van der Waals surface area (Å²) in [4.78, 5) is 17.4. The number of aromatic nitrogens is 4. The van der Waals surface area contributed by atoms with E-state index in [1.807, 2.05) is 0 Å². The molecule has 0 aromatic carbocycles. The molecular weight excluding hydrogens is 395 g/mol. The lowest BCUT2D eigenvalue weighted by Gasteiger charge is -2.18. The molecule has 0 atom stereocenters. The fourth-order valence-corrected chi connectivity index (χ4v) is 3.15. The van der Waals surface area contributed by atoms with Gasteiger partial charge in [0.05, 0.1) is 11.9 Å². The topological polar surface area (TPSA) is 66.8 Å². The largest absolute Gasteiger partial charge is 0.433 e. The Kier molecular flexibility index (Phi) is 4.67. The number of fused-ring (bicyclic) bond motifs is 1. The second-order valence-electron chi connectivity index (χ2n) is 6.64. The first-order valence-corrected chi connectivity index (χ1v) is 8.73. The maximum absolute atomic E-state index is 13.6. The summed E-state index contributed by atoms with van der Waals surface area (Å²) in [5.74, 6) is -2.57. The Morgan fingerprint density at radius 2 is 1.83 bits per heavy atom. The average Bonchev–Trinajstić information content (AvgIpc) is 3.05. The molecule has 0 bridgehead atoms. The van der Waals surface area contributed by atoms with Crippen LogP contribution in [0.15, 0.2) is 36.7 Å². The van der Waals surface area contributed by atoms with Crippen molar-refractivity contribution in [2.24, 2.45) is 0 Å². The van der Waals surface area contributed by atoms with Crippen LogP contribution in [0.5, 0.6) is 0 Å². The van der Waals surface area contributed by atoms with Crippen molar-refractivity contribution in [1.82, 2.24) is 19.9 Å². The van der Waals surface area contributed by atoms with Crippen LogP contribution in [-0.2, 0) is 12.7 Å². The molecule has 11 heteroatoms. The molecule has 0 aliphatic carbocycles. The van der Waals surface area contributed by atoms with Gasteiger partial charge in [-0.1, -0.05) is 6.07 Å². The van der Waals surface area contributed by atoms with E-state index >= 15 is 0 Å². The number of anilines is 2. The van der Waals surface area contributed by atoms with Gasteiger partial charge in [0.25, 0.3) is 5.92 Å². The number of rotatable bonds is 4. The summed E-state index contributed by atoms with van der Waals surface area (Å²) in [5.41, 5.74) is -0.800. The quantitative estimate of drug-likeness (QED) is 0.659. The van der Waals surface area contributed by atoms with Crippen LogP contribution >= 0.6 is 0 Å². The molecule has 152 valence electrons. The van der Waals surface area contributed by atoms with Crippen LogP contribution in [-0.4, -0.2) is 38.9 Å². The number of alkyl halides is 5. The van der Waals surface area contributed by atoms with E-state index in [9.17, 15) is 22.0 Å². The van der Waals surface area contributed by atoms with Gasteiger partial charge < -0.3 is 10.2 Å². The Bertz CT molecular complexity index is 1040. The van der Waals surface area contributed by atoms with E-state index in [4.69, 9.17) is 0 Å². The molecule has 1 fully saturated rings. The fourth-order valence-electron chi connectivity index (χ4n) is 3.15. The number of nitrogens with one attached hydrogen (secondary N) is 1. The number of hydrogen-bond acceptors (Lipinski definition) is 6. The second-order valence-corrected chi connectivity index (χ2v) is 6.64. The van der Waals surface area contributed by atoms with Gasteiger partial charge in [0.2, 0.25) is 5.95 Å². The van der Waals surface area contributed by atoms with Crippen LogP contribution < -0.4 is 10.2 Å². The molecule has 4 rings (SSSR count). The summed E-state index contributed by atoms with van der Waals surface area (Å²) in [6.45, 7) is -0.656. The van der Waals surface area contributed by atoms with Crippen molar-refractivity contribution in [2.45, 2.75) is 25.1 Å².